The largest absolute Gasteiger partial charge is 0.497 e. The first-order valence-corrected chi connectivity index (χ1v) is 10.3. The van der Waals surface area contributed by atoms with E-state index in [9.17, 15) is 0 Å². The molecule has 31 heavy (non-hydrogen) atoms. The molecule has 1 atom stereocenters. The molecule has 0 unspecified atom stereocenters. The number of rotatable bonds is 7. The van der Waals surface area contributed by atoms with Crippen molar-refractivity contribution < 1.29 is 9.47 Å². The summed E-state index contributed by atoms with van der Waals surface area (Å²) in [6, 6.07) is 25.9. The first-order chi connectivity index (χ1) is 14.9. The number of nitrogens with zero attached hydrogens (tertiary/aromatic N) is 1. The van der Waals surface area contributed by atoms with Crippen LogP contribution < -0.4 is 20.1 Å². The number of hydrogen-bond donors (Lipinski definition) is 2. The molecule has 0 amide bonds. The number of ether oxygens (including phenoxy) is 2. The SMILES string of the molecule is COc1ccc(NC(=NC(C)(C)C)[C@H](Nc2ccc(OC)cc2)c2ccccc2)cc1. The molecule has 0 aromatic heterocycles. The highest BCUT2D eigenvalue weighted by molar-refractivity contribution is 6.01. The van der Waals surface area contributed by atoms with Gasteiger partial charge in [-0.05, 0) is 74.9 Å². The highest BCUT2D eigenvalue weighted by Gasteiger charge is 2.22. The highest BCUT2D eigenvalue weighted by Crippen LogP contribution is 2.26. The lowest BCUT2D eigenvalue weighted by Crippen LogP contribution is -2.30. The molecule has 0 aliphatic rings. The molecule has 3 aromatic rings. The first kappa shape index (κ1) is 22.2. The Morgan fingerprint density at radius 3 is 1.74 bits per heavy atom. The third-order valence-corrected chi connectivity index (χ3v) is 4.63. The second-order valence-corrected chi connectivity index (χ2v) is 8.24. The van der Waals surface area contributed by atoms with Gasteiger partial charge >= 0.3 is 0 Å². The van der Waals surface area contributed by atoms with Crippen molar-refractivity contribution in [2.24, 2.45) is 4.99 Å². The van der Waals surface area contributed by atoms with Crippen molar-refractivity contribution in [2.45, 2.75) is 32.4 Å². The minimum absolute atomic E-state index is 0.170. The van der Waals surface area contributed by atoms with E-state index in [1.807, 2.05) is 66.7 Å². The van der Waals surface area contributed by atoms with Gasteiger partial charge in [0.15, 0.2) is 0 Å². The average Bonchev–Trinajstić information content (AvgIpc) is 2.77. The van der Waals surface area contributed by atoms with E-state index in [0.29, 0.717) is 0 Å². The fraction of sp³-hybridized carbons (Fsp3) is 0.269. The minimum Gasteiger partial charge on any atom is -0.497 e. The molecule has 0 heterocycles. The van der Waals surface area contributed by atoms with Crippen molar-refractivity contribution in [3.05, 3.63) is 84.4 Å². The summed E-state index contributed by atoms with van der Waals surface area (Å²) in [4.78, 5) is 5.04. The maximum atomic E-state index is 5.30. The topological polar surface area (TPSA) is 54.9 Å². The van der Waals surface area contributed by atoms with E-state index in [4.69, 9.17) is 14.5 Å². The molecule has 0 radical (unpaired) electrons. The average molecular weight is 418 g/mol. The summed E-state index contributed by atoms with van der Waals surface area (Å²) in [5.74, 6) is 2.47. The third-order valence-electron chi connectivity index (χ3n) is 4.63. The molecule has 0 spiro atoms. The summed E-state index contributed by atoms with van der Waals surface area (Å²) in [5, 5.41) is 7.17. The normalized spacial score (nSPS) is 12.7. The van der Waals surface area contributed by atoms with Crippen molar-refractivity contribution in [1.82, 2.24) is 0 Å². The summed E-state index contributed by atoms with van der Waals surface area (Å²) in [7, 11) is 3.33. The third kappa shape index (κ3) is 6.51. The Balaban J connectivity index is 1.99. The quantitative estimate of drug-likeness (QED) is 0.357. The lowest BCUT2D eigenvalue weighted by atomic mass is 10.0. The number of anilines is 2. The monoisotopic (exact) mass is 417 g/mol. The molecule has 0 fully saturated rings. The van der Waals surface area contributed by atoms with Crippen LogP contribution in [-0.2, 0) is 0 Å². The van der Waals surface area contributed by atoms with Crippen LogP contribution in [-0.4, -0.2) is 25.6 Å². The van der Waals surface area contributed by atoms with Crippen LogP contribution in [0.5, 0.6) is 11.5 Å². The van der Waals surface area contributed by atoms with E-state index in [-0.39, 0.29) is 11.6 Å². The zero-order chi connectivity index (χ0) is 22.3. The van der Waals surface area contributed by atoms with Gasteiger partial charge in [-0.25, -0.2) is 0 Å². The lowest BCUT2D eigenvalue weighted by molar-refractivity contribution is 0.415. The maximum Gasteiger partial charge on any atom is 0.129 e. The number of aliphatic imine (C=N–C) groups is 1. The molecule has 2 N–H and O–H groups in total. The van der Waals surface area contributed by atoms with E-state index >= 15 is 0 Å². The number of benzene rings is 3. The van der Waals surface area contributed by atoms with Crippen LogP contribution in [0.3, 0.4) is 0 Å². The van der Waals surface area contributed by atoms with Gasteiger partial charge in [-0.15, -0.1) is 0 Å². The predicted octanol–water partition coefficient (Wildman–Crippen LogP) is 6.17. The van der Waals surface area contributed by atoms with E-state index in [0.717, 1.165) is 34.3 Å². The molecule has 3 rings (SSSR count). The summed E-state index contributed by atoms with van der Waals surface area (Å²) >= 11 is 0. The molecule has 0 bridgehead atoms. The van der Waals surface area contributed by atoms with E-state index in [2.05, 4.69) is 43.5 Å². The van der Waals surface area contributed by atoms with Gasteiger partial charge < -0.3 is 20.1 Å². The van der Waals surface area contributed by atoms with E-state index < -0.39 is 0 Å². The van der Waals surface area contributed by atoms with Gasteiger partial charge in [0.25, 0.3) is 0 Å². The molecule has 3 aromatic carbocycles. The van der Waals surface area contributed by atoms with Gasteiger partial charge in [0.1, 0.15) is 23.4 Å². The van der Waals surface area contributed by atoms with Crippen molar-refractivity contribution in [3.8, 4) is 11.5 Å². The van der Waals surface area contributed by atoms with E-state index in [1.54, 1.807) is 14.2 Å². The van der Waals surface area contributed by atoms with Crippen molar-refractivity contribution >= 4 is 17.2 Å². The smallest absolute Gasteiger partial charge is 0.129 e. The Bertz CT molecular complexity index is 976. The van der Waals surface area contributed by atoms with Crippen molar-refractivity contribution in [2.75, 3.05) is 24.9 Å². The molecule has 162 valence electrons. The maximum absolute atomic E-state index is 5.30. The number of methoxy groups -OCH3 is 2. The lowest BCUT2D eigenvalue weighted by Gasteiger charge is -2.26. The summed E-state index contributed by atoms with van der Waals surface area (Å²) in [5.41, 5.74) is 2.78. The van der Waals surface area contributed by atoms with E-state index in [1.165, 1.54) is 0 Å². The van der Waals surface area contributed by atoms with Gasteiger partial charge in [-0.1, -0.05) is 30.3 Å². The zero-order valence-electron chi connectivity index (χ0n) is 18.8. The second kappa shape index (κ2) is 10.0. The summed E-state index contributed by atoms with van der Waals surface area (Å²) < 4.78 is 10.6. The van der Waals surface area contributed by atoms with Crippen molar-refractivity contribution in [1.29, 1.82) is 0 Å². The minimum atomic E-state index is -0.260. The van der Waals surface area contributed by atoms with Crippen LogP contribution >= 0.6 is 0 Å². The van der Waals surface area contributed by atoms with Gasteiger partial charge in [-0.3, -0.25) is 4.99 Å². The molecular formula is C26H31N3O2. The molecule has 0 aliphatic carbocycles. The molecule has 5 nitrogen and oxygen atoms in total. The van der Waals surface area contributed by atoms with Crippen molar-refractivity contribution in [3.63, 3.8) is 0 Å². The predicted molar refractivity (Wildman–Crippen MR) is 130 cm³/mol. The summed E-state index contributed by atoms with van der Waals surface area (Å²) in [6.45, 7) is 6.29. The fourth-order valence-electron chi connectivity index (χ4n) is 3.16. The molecule has 0 aliphatic heterocycles. The number of nitrogens with one attached hydrogen (secondary N) is 2. The first-order valence-electron chi connectivity index (χ1n) is 10.3. The molecular weight excluding hydrogens is 386 g/mol. The molecule has 5 heteroatoms. The van der Waals surface area contributed by atoms with Crippen LogP contribution in [0.2, 0.25) is 0 Å². The summed E-state index contributed by atoms with van der Waals surface area (Å²) in [6.07, 6.45) is 0. The van der Waals surface area contributed by atoms with Gasteiger partial charge in [0, 0.05) is 11.4 Å². The Labute approximate surface area is 185 Å². The standard InChI is InChI=1S/C26H31N3O2/c1-26(2,3)29-25(28-21-13-17-23(31-5)18-14-21)24(19-9-7-6-8-10-19)27-20-11-15-22(30-4)16-12-20/h6-18,24,27H,1-5H3,(H,28,29)/t24-/m1/s1. The number of amidine groups is 1. The zero-order valence-corrected chi connectivity index (χ0v) is 18.8. The van der Waals surface area contributed by atoms with Crippen LogP contribution in [0, 0.1) is 0 Å². The van der Waals surface area contributed by atoms with Crippen LogP contribution in [0.15, 0.2) is 83.9 Å². The Morgan fingerprint density at radius 2 is 1.26 bits per heavy atom. The van der Waals surface area contributed by atoms with Crippen LogP contribution in [0.1, 0.15) is 32.4 Å². The van der Waals surface area contributed by atoms with Crippen LogP contribution in [0.25, 0.3) is 0 Å². The molecule has 0 saturated carbocycles. The fourth-order valence-corrected chi connectivity index (χ4v) is 3.16. The Morgan fingerprint density at radius 1 is 0.742 bits per heavy atom. The highest BCUT2D eigenvalue weighted by atomic mass is 16.5. The second-order valence-electron chi connectivity index (χ2n) is 8.24. The molecule has 0 saturated heterocycles. The Hall–Kier alpha value is -3.47. The number of hydrogen-bond acceptors (Lipinski definition) is 4. The van der Waals surface area contributed by atoms with Gasteiger partial charge in [0.2, 0.25) is 0 Å². The Kier molecular flexibility index (Phi) is 7.19. The van der Waals surface area contributed by atoms with Gasteiger partial charge in [0.05, 0.1) is 19.8 Å². The van der Waals surface area contributed by atoms with Crippen LogP contribution in [0.4, 0.5) is 11.4 Å². The van der Waals surface area contributed by atoms with Gasteiger partial charge in [-0.2, -0.15) is 0 Å².